The molecule has 9 heteroatoms. The number of benzene rings is 2. The molecule has 22 heavy (non-hydrogen) atoms. The van der Waals surface area contributed by atoms with Crippen molar-refractivity contribution >= 4 is 11.6 Å². The zero-order chi connectivity index (χ0) is 16.6. The van der Waals surface area contributed by atoms with E-state index >= 15 is 0 Å². The van der Waals surface area contributed by atoms with Crippen molar-refractivity contribution < 1.29 is 35.5 Å². The number of para-hydroxylation sites is 1. The van der Waals surface area contributed by atoms with Crippen LogP contribution in [-0.4, -0.2) is 6.61 Å². The van der Waals surface area contributed by atoms with Gasteiger partial charge in [0.1, 0.15) is 0 Å². The van der Waals surface area contributed by atoms with E-state index in [1.54, 1.807) is 0 Å². The molecule has 118 valence electrons. The molecule has 0 atom stereocenters. The van der Waals surface area contributed by atoms with Gasteiger partial charge in [-0.25, -0.2) is 22.0 Å². The first-order valence-electron chi connectivity index (χ1n) is 5.50. The van der Waals surface area contributed by atoms with Crippen LogP contribution in [-0.2, 0) is 0 Å². The Kier molecular flexibility index (Phi) is 4.50. The van der Waals surface area contributed by atoms with Gasteiger partial charge < -0.3 is 4.74 Å². The Labute approximate surface area is 123 Å². The summed E-state index contributed by atoms with van der Waals surface area (Å²) in [6.45, 7) is -3.42. The Morgan fingerprint density at radius 3 is 1.82 bits per heavy atom. The Balaban J connectivity index is 2.81. The van der Waals surface area contributed by atoms with Crippen LogP contribution in [0.15, 0.2) is 18.2 Å². The summed E-state index contributed by atoms with van der Waals surface area (Å²) < 4.78 is 95.6. The monoisotopic (exact) mass is 344 g/mol. The zero-order valence-corrected chi connectivity index (χ0v) is 11.0. The third kappa shape index (κ3) is 2.70. The molecule has 0 amide bonds. The molecule has 0 radical (unpaired) electrons. The van der Waals surface area contributed by atoms with Crippen LogP contribution in [0.5, 0.6) is 5.75 Å². The van der Waals surface area contributed by atoms with Gasteiger partial charge in [-0.05, 0) is 6.07 Å². The van der Waals surface area contributed by atoms with E-state index in [2.05, 4.69) is 4.74 Å². The van der Waals surface area contributed by atoms with Crippen molar-refractivity contribution in [3.63, 3.8) is 0 Å². The minimum atomic E-state index is -3.42. The maximum absolute atomic E-state index is 13.7. The molecule has 0 saturated carbocycles. The number of rotatable bonds is 3. The van der Waals surface area contributed by atoms with Crippen molar-refractivity contribution in [2.24, 2.45) is 0 Å². The third-order valence-electron chi connectivity index (χ3n) is 2.65. The predicted molar refractivity (Wildman–Crippen MR) is 63.3 cm³/mol. The van der Waals surface area contributed by atoms with E-state index in [0.717, 1.165) is 18.2 Å². The second-order valence-corrected chi connectivity index (χ2v) is 4.35. The average Bonchev–Trinajstić information content (AvgIpc) is 2.46. The van der Waals surface area contributed by atoms with Gasteiger partial charge in [0, 0.05) is 5.56 Å². The highest BCUT2D eigenvalue weighted by molar-refractivity contribution is 6.32. The molecular weight excluding hydrogens is 341 g/mol. The number of hydrogen-bond donors (Lipinski definition) is 0. The highest BCUT2D eigenvalue weighted by Gasteiger charge is 2.29. The fourth-order valence-electron chi connectivity index (χ4n) is 1.76. The molecule has 0 saturated heterocycles. The second kappa shape index (κ2) is 6.04. The molecule has 0 spiro atoms. The fourth-order valence-corrected chi connectivity index (χ4v) is 1.98. The van der Waals surface area contributed by atoms with Crippen molar-refractivity contribution in [3.8, 4) is 16.9 Å². The SMILES string of the molecule is Fc1c(F)c(F)c(-c2cccc(Cl)c2OC(F)F)c(F)c1F. The first-order valence-corrected chi connectivity index (χ1v) is 5.88. The summed E-state index contributed by atoms with van der Waals surface area (Å²) in [5.41, 5.74) is -2.20. The summed E-state index contributed by atoms with van der Waals surface area (Å²) in [5, 5.41) is -0.484. The topological polar surface area (TPSA) is 9.23 Å². The summed E-state index contributed by atoms with van der Waals surface area (Å²) in [7, 11) is 0. The number of hydrogen-bond acceptors (Lipinski definition) is 1. The van der Waals surface area contributed by atoms with Gasteiger partial charge in [0.15, 0.2) is 29.0 Å². The van der Waals surface area contributed by atoms with Crippen LogP contribution < -0.4 is 4.74 Å². The van der Waals surface area contributed by atoms with E-state index in [4.69, 9.17) is 11.6 Å². The molecule has 2 aromatic rings. The van der Waals surface area contributed by atoms with Crippen LogP contribution in [0.25, 0.3) is 11.1 Å². The normalized spacial score (nSPS) is 11.1. The molecule has 2 rings (SSSR count). The minimum absolute atomic E-state index is 0.484. The number of halogens is 8. The summed E-state index contributed by atoms with van der Waals surface area (Å²) in [5.74, 6) is -12.1. The maximum atomic E-state index is 13.7. The first-order chi connectivity index (χ1) is 10.3. The van der Waals surface area contributed by atoms with Crippen molar-refractivity contribution in [1.82, 2.24) is 0 Å². The zero-order valence-electron chi connectivity index (χ0n) is 10.2. The fraction of sp³-hybridized carbons (Fsp3) is 0.0769. The Bertz CT molecular complexity index is 704. The summed E-state index contributed by atoms with van der Waals surface area (Å²) in [6, 6.07) is 2.96. The van der Waals surface area contributed by atoms with Gasteiger partial charge in [0.2, 0.25) is 5.82 Å². The molecule has 0 unspecified atom stereocenters. The molecule has 0 bridgehead atoms. The number of alkyl halides is 2. The molecule has 0 heterocycles. The van der Waals surface area contributed by atoms with Crippen molar-refractivity contribution in [1.29, 1.82) is 0 Å². The largest absolute Gasteiger partial charge is 0.433 e. The van der Waals surface area contributed by atoms with Crippen LogP contribution in [0.1, 0.15) is 0 Å². The lowest BCUT2D eigenvalue weighted by Gasteiger charge is -2.14. The van der Waals surface area contributed by atoms with Gasteiger partial charge in [0.25, 0.3) is 0 Å². The van der Waals surface area contributed by atoms with Gasteiger partial charge in [-0.2, -0.15) is 8.78 Å². The Morgan fingerprint density at radius 1 is 0.818 bits per heavy atom. The van der Waals surface area contributed by atoms with E-state index in [0.29, 0.717) is 0 Å². The summed E-state index contributed by atoms with van der Waals surface area (Å²) in [4.78, 5) is 0. The van der Waals surface area contributed by atoms with E-state index < -0.39 is 57.6 Å². The quantitative estimate of drug-likeness (QED) is 0.417. The van der Waals surface area contributed by atoms with E-state index in [9.17, 15) is 30.7 Å². The van der Waals surface area contributed by atoms with Crippen LogP contribution in [0.3, 0.4) is 0 Å². The summed E-state index contributed by atoms with van der Waals surface area (Å²) >= 11 is 5.57. The molecule has 0 aliphatic carbocycles. The van der Waals surface area contributed by atoms with Crippen LogP contribution in [0, 0.1) is 29.1 Å². The lowest BCUT2D eigenvalue weighted by Crippen LogP contribution is -2.07. The van der Waals surface area contributed by atoms with Crippen LogP contribution in [0.4, 0.5) is 30.7 Å². The highest BCUT2D eigenvalue weighted by atomic mass is 35.5. The maximum Gasteiger partial charge on any atom is 0.387 e. The Hall–Kier alpha value is -1.96. The van der Waals surface area contributed by atoms with Gasteiger partial charge in [-0.3, -0.25) is 0 Å². The van der Waals surface area contributed by atoms with Crippen molar-refractivity contribution in [2.45, 2.75) is 6.61 Å². The molecule has 1 nitrogen and oxygen atoms in total. The van der Waals surface area contributed by atoms with Crippen molar-refractivity contribution in [3.05, 3.63) is 52.3 Å². The first kappa shape index (κ1) is 16.4. The van der Waals surface area contributed by atoms with E-state index in [1.807, 2.05) is 0 Å². The Morgan fingerprint density at radius 2 is 1.32 bits per heavy atom. The van der Waals surface area contributed by atoms with E-state index in [1.165, 1.54) is 0 Å². The van der Waals surface area contributed by atoms with Gasteiger partial charge in [-0.1, -0.05) is 23.7 Å². The van der Waals surface area contributed by atoms with Crippen LogP contribution in [0.2, 0.25) is 5.02 Å². The van der Waals surface area contributed by atoms with Gasteiger partial charge in [-0.15, -0.1) is 0 Å². The highest BCUT2D eigenvalue weighted by Crippen LogP contribution is 2.41. The standard InChI is InChI=1S/C13H4ClF7O/c14-5-3-1-2-4(12(5)22-13(20)21)6-7(15)9(17)11(19)10(18)8(6)16/h1-3,13H. The third-order valence-corrected chi connectivity index (χ3v) is 2.95. The summed E-state index contributed by atoms with van der Waals surface area (Å²) in [6.07, 6.45) is 0. The van der Waals surface area contributed by atoms with Crippen molar-refractivity contribution in [2.75, 3.05) is 0 Å². The van der Waals surface area contributed by atoms with Crippen LogP contribution >= 0.6 is 11.6 Å². The molecule has 0 aliphatic rings. The molecule has 0 N–H and O–H groups in total. The van der Waals surface area contributed by atoms with Gasteiger partial charge in [0.05, 0.1) is 10.6 Å². The molecule has 2 aromatic carbocycles. The molecule has 0 aliphatic heterocycles. The number of ether oxygens (including phenoxy) is 1. The predicted octanol–water partition coefficient (Wildman–Crippen LogP) is 5.30. The lowest BCUT2D eigenvalue weighted by molar-refractivity contribution is -0.0494. The van der Waals surface area contributed by atoms with E-state index in [-0.39, 0.29) is 0 Å². The second-order valence-electron chi connectivity index (χ2n) is 3.94. The van der Waals surface area contributed by atoms with Gasteiger partial charge >= 0.3 is 6.61 Å². The molecule has 0 aromatic heterocycles. The minimum Gasteiger partial charge on any atom is -0.433 e. The lowest BCUT2D eigenvalue weighted by atomic mass is 10.0. The smallest absolute Gasteiger partial charge is 0.387 e. The molecule has 0 fully saturated rings. The molecular formula is C13H4ClF7O. The average molecular weight is 345 g/mol.